The van der Waals surface area contributed by atoms with Gasteiger partial charge in [-0.3, -0.25) is 0 Å². The quantitative estimate of drug-likeness (QED) is 0.937. The summed E-state index contributed by atoms with van der Waals surface area (Å²) in [7, 11) is 0. The maximum Gasteiger partial charge on any atom is 0.182 e. The van der Waals surface area contributed by atoms with Gasteiger partial charge in [0.05, 0.1) is 5.69 Å². The van der Waals surface area contributed by atoms with Crippen molar-refractivity contribution in [3.8, 4) is 0 Å². The van der Waals surface area contributed by atoms with E-state index >= 15 is 0 Å². The van der Waals surface area contributed by atoms with Crippen molar-refractivity contribution < 1.29 is 8.78 Å². The van der Waals surface area contributed by atoms with Crippen LogP contribution in [0.15, 0.2) is 42.5 Å². The first-order valence-corrected chi connectivity index (χ1v) is 7.17. The number of hydrogen-bond acceptors (Lipinski definition) is 2. The molecule has 0 bridgehead atoms. The van der Waals surface area contributed by atoms with Gasteiger partial charge < -0.3 is 10.6 Å². The molecule has 1 saturated heterocycles. The SMILES string of the molecule is NCc1ccc(N2CCC(c3ccccc3)C2)c(F)c1F. The molecule has 0 radical (unpaired) electrons. The molecule has 2 aromatic rings. The molecule has 0 aromatic heterocycles. The number of rotatable bonds is 3. The number of nitrogens with zero attached hydrogens (tertiary/aromatic N) is 1. The molecular weight excluding hydrogens is 270 g/mol. The molecule has 2 N–H and O–H groups in total. The number of nitrogens with two attached hydrogens (primary N) is 1. The molecule has 0 amide bonds. The van der Waals surface area contributed by atoms with Gasteiger partial charge in [0.25, 0.3) is 0 Å². The van der Waals surface area contributed by atoms with Crippen molar-refractivity contribution in [2.75, 3.05) is 18.0 Å². The van der Waals surface area contributed by atoms with Crippen molar-refractivity contribution in [1.82, 2.24) is 0 Å². The second-order valence-corrected chi connectivity index (χ2v) is 5.42. The Morgan fingerprint density at radius 1 is 1.05 bits per heavy atom. The summed E-state index contributed by atoms with van der Waals surface area (Å²) in [5.74, 6) is -1.24. The summed E-state index contributed by atoms with van der Waals surface area (Å²) in [4.78, 5) is 1.91. The molecule has 3 rings (SSSR count). The van der Waals surface area contributed by atoms with Crippen molar-refractivity contribution in [3.05, 3.63) is 65.2 Å². The minimum absolute atomic E-state index is 0.00960. The maximum absolute atomic E-state index is 14.2. The molecule has 21 heavy (non-hydrogen) atoms. The Bertz CT molecular complexity index is 628. The van der Waals surface area contributed by atoms with Gasteiger partial charge in [0, 0.05) is 31.1 Å². The zero-order valence-corrected chi connectivity index (χ0v) is 11.7. The average molecular weight is 288 g/mol. The summed E-state index contributed by atoms with van der Waals surface area (Å²) in [6.07, 6.45) is 0.948. The van der Waals surface area contributed by atoms with Gasteiger partial charge in [0.15, 0.2) is 11.6 Å². The van der Waals surface area contributed by atoms with E-state index in [2.05, 4.69) is 12.1 Å². The van der Waals surface area contributed by atoms with E-state index in [1.807, 2.05) is 23.1 Å². The van der Waals surface area contributed by atoms with Crippen molar-refractivity contribution in [2.45, 2.75) is 18.9 Å². The van der Waals surface area contributed by atoms with Crippen LogP contribution in [-0.2, 0) is 6.54 Å². The largest absolute Gasteiger partial charge is 0.368 e. The predicted octanol–water partition coefficient (Wildman–Crippen LogP) is 3.42. The van der Waals surface area contributed by atoms with Crippen LogP contribution in [0.25, 0.3) is 0 Å². The average Bonchev–Trinajstić information content (AvgIpc) is 3.00. The summed E-state index contributed by atoms with van der Waals surface area (Å²) in [5, 5.41) is 0. The molecule has 1 aliphatic rings. The maximum atomic E-state index is 14.2. The van der Waals surface area contributed by atoms with Crippen molar-refractivity contribution >= 4 is 5.69 Å². The lowest BCUT2D eigenvalue weighted by molar-refractivity contribution is 0.498. The van der Waals surface area contributed by atoms with Crippen LogP contribution in [-0.4, -0.2) is 13.1 Å². The molecule has 1 fully saturated rings. The molecule has 2 aromatic carbocycles. The topological polar surface area (TPSA) is 29.3 Å². The van der Waals surface area contributed by atoms with E-state index in [1.54, 1.807) is 12.1 Å². The number of benzene rings is 2. The number of anilines is 1. The zero-order valence-electron chi connectivity index (χ0n) is 11.7. The minimum atomic E-state index is -0.821. The lowest BCUT2D eigenvalue weighted by Crippen LogP contribution is -2.21. The van der Waals surface area contributed by atoms with Gasteiger partial charge in [0.2, 0.25) is 0 Å². The molecule has 2 nitrogen and oxygen atoms in total. The Morgan fingerprint density at radius 3 is 2.52 bits per heavy atom. The lowest BCUT2D eigenvalue weighted by atomic mass is 9.99. The van der Waals surface area contributed by atoms with E-state index in [4.69, 9.17) is 5.73 Å². The zero-order chi connectivity index (χ0) is 14.8. The van der Waals surface area contributed by atoms with Crippen LogP contribution in [0.5, 0.6) is 0 Å². The summed E-state index contributed by atoms with van der Waals surface area (Å²) >= 11 is 0. The standard InChI is InChI=1S/C17H18F2N2/c18-16-13(10-20)6-7-15(17(16)19)21-9-8-14(11-21)12-4-2-1-3-5-12/h1-7,14H,8-11,20H2. The number of hydrogen-bond donors (Lipinski definition) is 1. The Hall–Kier alpha value is -1.94. The molecule has 1 atom stereocenters. The highest BCUT2D eigenvalue weighted by atomic mass is 19.2. The van der Waals surface area contributed by atoms with E-state index in [0.717, 1.165) is 13.0 Å². The molecule has 0 aliphatic carbocycles. The first-order valence-electron chi connectivity index (χ1n) is 7.17. The van der Waals surface area contributed by atoms with Crippen molar-refractivity contribution in [1.29, 1.82) is 0 Å². The van der Waals surface area contributed by atoms with E-state index < -0.39 is 11.6 Å². The van der Waals surface area contributed by atoms with Gasteiger partial charge in [-0.1, -0.05) is 36.4 Å². The molecule has 0 spiro atoms. The highest BCUT2D eigenvalue weighted by Gasteiger charge is 2.27. The molecule has 1 aliphatic heterocycles. The summed E-state index contributed by atoms with van der Waals surface area (Å²) in [6.45, 7) is 1.45. The fraction of sp³-hybridized carbons (Fsp3) is 0.294. The van der Waals surface area contributed by atoms with Crippen LogP contribution in [0.2, 0.25) is 0 Å². The monoisotopic (exact) mass is 288 g/mol. The Balaban J connectivity index is 1.82. The minimum Gasteiger partial charge on any atom is -0.368 e. The molecule has 110 valence electrons. The third-order valence-electron chi connectivity index (χ3n) is 4.16. The molecular formula is C17H18F2N2. The first-order chi connectivity index (χ1) is 10.2. The normalized spacial score (nSPS) is 18.2. The summed E-state index contributed by atoms with van der Waals surface area (Å²) in [6, 6.07) is 13.4. The highest BCUT2D eigenvalue weighted by Crippen LogP contribution is 2.33. The molecule has 1 unspecified atom stereocenters. The summed E-state index contributed by atoms with van der Waals surface area (Å²) < 4.78 is 28.0. The van der Waals surface area contributed by atoms with Crippen molar-refractivity contribution in [3.63, 3.8) is 0 Å². The van der Waals surface area contributed by atoms with Gasteiger partial charge in [-0.05, 0) is 18.1 Å². The third-order valence-corrected chi connectivity index (χ3v) is 4.16. The van der Waals surface area contributed by atoms with Crippen molar-refractivity contribution in [2.24, 2.45) is 5.73 Å². The van der Waals surface area contributed by atoms with E-state index in [9.17, 15) is 8.78 Å². The molecule has 0 saturated carbocycles. The van der Waals surface area contributed by atoms with E-state index in [0.29, 0.717) is 18.2 Å². The number of halogens is 2. The van der Waals surface area contributed by atoms with Gasteiger partial charge in [-0.15, -0.1) is 0 Å². The first kappa shape index (κ1) is 14.0. The van der Waals surface area contributed by atoms with Gasteiger partial charge >= 0.3 is 0 Å². The van der Waals surface area contributed by atoms with E-state index in [1.165, 1.54) is 5.56 Å². The van der Waals surface area contributed by atoms with Gasteiger partial charge in [0.1, 0.15) is 0 Å². The van der Waals surface area contributed by atoms with Gasteiger partial charge in [-0.2, -0.15) is 0 Å². The van der Waals surface area contributed by atoms with Crippen LogP contribution in [0.3, 0.4) is 0 Å². The Labute approximate surface area is 123 Å². The van der Waals surface area contributed by atoms with E-state index in [-0.39, 0.29) is 12.1 Å². The van der Waals surface area contributed by atoms with Crippen LogP contribution in [0, 0.1) is 11.6 Å². The smallest absolute Gasteiger partial charge is 0.182 e. The highest BCUT2D eigenvalue weighted by molar-refractivity contribution is 5.51. The van der Waals surface area contributed by atoms with Gasteiger partial charge in [-0.25, -0.2) is 8.78 Å². The second kappa shape index (κ2) is 5.82. The van der Waals surface area contributed by atoms with Crippen LogP contribution < -0.4 is 10.6 Å². The Morgan fingerprint density at radius 2 is 1.81 bits per heavy atom. The molecule has 4 heteroatoms. The fourth-order valence-corrected chi connectivity index (χ4v) is 2.96. The lowest BCUT2D eigenvalue weighted by Gasteiger charge is -2.20. The second-order valence-electron chi connectivity index (χ2n) is 5.42. The third kappa shape index (κ3) is 2.63. The van der Waals surface area contributed by atoms with Crippen LogP contribution in [0.4, 0.5) is 14.5 Å². The Kier molecular flexibility index (Phi) is 3.88. The fourth-order valence-electron chi connectivity index (χ4n) is 2.96. The molecule has 1 heterocycles. The van der Waals surface area contributed by atoms with Crippen LogP contribution >= 0.6 is 0 Å². The predicted molar refractivity (Wildman–Crippen MR) is 80.3 cm³/mol. The van der Waals surface area contributed by atoms with Crippen LogP contribution in [0.1, 0.15) is 23.5 Å². The summed E-state index contributed by atoms with van der Waals surface area (Å²) in [5.41, 5.74) is 7.20.